The molecule has 1 spiro atoms. The third kappa shape index (κ3) is 2.79. The maximum absolute atomic E-state index is 13.8. The molecule has 7 rings (SSSR count). The number of fused-ring (bicyclic) bond motifs is 4. The minimum Gasteiger partial charge on any atom is -0.497 e. The van der Waals surface area contributed by atoms with E-state index in [4.69, 9.17) is 9.57 Å². The number of amides is 1. The summed E-state index contributed by atoms with van der Waals surface area (Å²) in [5.74, 6) is 1.46. The van der Waals surface area contributed by atoms with Crippen molar-refractivity contribution in [2.75, 3.05) is 17.3 Å². The van der Waals surface area contributed by atoms with E-state index in [9.17, 15) is 4.79 Å². The molecule has 1 fully saturated rings. The van der Waals surface area contributed by atoms with Crippen molar-refractivity contribution in [3.8, 4) is 5.75 Å². The predicted octanol–water partition coefficient (Wildman–Crippen LogP) is 5.66. The fourth-order valence-electron chi connectivity index (χ4n) is 5.32. The monoisotopic (exact) mass is 479 g/mol. The zero-order valence-electron chi connectivity index (χ0n) is 18.8. The first-order valence-corrected chi connectivity index (χ1v) is 12.3. The smallest absolute Gasteiger partial charge is 0.266 e. The summed E-state index contributed by atoms with van der Waals surface area (Å²) in [7, 11) is 1.65. The third-order valence-corrected chi connectivity index (χ3v) is 8.57. The summed E-state index contributed by atoms with van der Waals surface area (Å²) in [6.07, 6.45) is -0.321. The summed E-state index contributed by atoms with van der Waals surface area (Å²) >= 11 is 1.59. The summed E-state index contributed by atoms with van der Waals surface area (Å²) < 4.78 is 5.33. The van der Waals surface area contributed by atoms with E-state index in [1.54, 1.807) is 18.9 Å². The molecule has 1 N–H and O–H groups in total. The van der Waals surface area contributed by atoms with Gasteiger partial charge in [-0.15, -0.1) is 11.8 Å². The van der Waals surface area contributed by atoms with Gasteiger partial charge in [-0.1, -0.05) is 71.9 Å². The van der Waals surface area contributed by atoms with Crippen LogP contribution in [0.3, 0.4) is 0 Å². The first-order valence-electron chi connectivity index (χ1n) is 11.4. The number of carbonyl (C=O) groups is 1. The molecule has 4 aromatic carbocycles. The Kier molecular flexibility index (Phi) is 4.38. The maximum atomic E-state index is 13.8. The van der Waals surface area contributed by atoms with Crippen LogP contribution < -0.4 is 15.0 Å². The minimum atomic E-state index is -0.987. The van der Waals surface area contributed by atoms with Gasteiger partial charge in [0.15, 0.2) is 11.9 Å². The number of thioether (sulfide) groups is 1. The maximum Gasteiger partial charge on any atom is 0.266 e. The van der Waals surface area contributed by atoms with E-state index in [1.807, 2.05) is 66.7 Å². The molecule has 3 aliphatic heterocycles. The van der Waals surface area contributed by atoms with E-state index < -0.39 is 4.87 Å². The van der Waals surface area contributed by atoms with E-state index in [0.717, 1.165) is 44.9 Å². The van der Waals surface area contributed by atoms with E-state index in [1.165, 1.54) is 0 Å². The largest absolute Gasteiger partial charge is 0.497 e. The van der Waals surface area contributed by atoms with Crippen LogP contribution in [0.4, 0.5) is 11.4 Å². The number of anilines is 2. The molecule has 3 aliphatic rings. The van der Waals surface area contributed by atoms with Gasteiger partial charge in [0.05, 0.1) is 12.8 Å². The topological polar surface area (TPSA) is 63.2 Å². The van der Waals surface area contributed by atoms with E-state index >= 15 is 0 Å². The number of oxime groups is 1. The second-order valence-electron chi connectivity index (χ2n) is 8.76. The van der Waals surface area contributed by atoms with Crippen molar-refractivity contribution in [1.29, 1.82) is 0 Å². The molecule has 0 aromatic heterocycles. The van der Waals surface area contributed by atoms with Crippen LogP contribution in [-0.4, -0.2) is 24.1 Å². The molecule has 0 bridgehead atoms. The fourth-order valence-corrected chi connectivity index (χ4v) is 7.03. The van der Waals surface area contributed by atoms with Crippen molar-refractivity contribution >= 4 is 45.7 Å². The highest BCUT2D eigenvalue weighted by Gasteiger charge is 2.64. The molecule has 3 unspecified atom stereocenters. The molecule has 0 saturated carbocycles. The molecule has 1 saturated heterocycles. The van der Waals surface area contributed by atoms with Crippen LogP contribution in [0.5, 0.6) is 5.75 Å². The van der Waals surface area contributed by atoms with Gasteiger partial charge >= 0.3 is 0 Å². The molecule has 172 valence electrons. The van der Waals surface area contributed by atoms with Crippen LogP contribution >= 0.6 is 11.8 Å². The molecular weight excluding hydrogens is 458 g/mol. The lowest BCUT2D eigenvalue weighted by Gasteiger charge is -2.34. The highest BCUT2D eigenvalue weighted by Crippen LogP contribution is 2.60. The van der Waals surface area contributed by atoms with Crippen molar-refractivity contribution in [2.24, 2.45) is 5.16 Å². The van der Waals surface area contributed by atoms with Gasteiger partial charge in [0.1, 0.15) is 11.0 Å². The Hall–Kier alpha value is -3.97. The van der Waals surface area contributed by atoms with E-state index in [-0.39, 0.29) is 17.3 Å². The molecule has 7 heteroatoms. The number of hydrogen-bond acceptors (Lipinski definition) is 6. The summed E-state index contributed by atoms with van der Waals surface area (Å²) in [4.78, 5) is 21.0. The summed E-state index contributed by atoms with van der Waals surface area (Å²) in [6, 6.07) is 30.2. The molecular formula is C28H21N3O3S. The van der Waals surface area contributed by atoms with Gasteiger partial charge in [-0.25, -0.2) is 0 Å². The lowest BCUT2D eigenvalue weighted by Crippen LogP contribution is -2.47. The van der Waals surface area contributed by atoms with Gasteiger partial charge in [-0.3, -0.25) is 9.69 Å². The Morgan fingerprint density at radius 2 is 1.74 bits per heavy atom. The van der Waals surface area contributed by atoms with Gasteiger partial charge in [0.25, 0.3) is 5.91 Å². The number of nitrogens with zero attached hydrogens (tertiary/aromatic N) is 2. The molecule has 0 radical (unpaired) electrons. The first kappa shape index (κ1) is 20.4. The van der Waals surface area contributed by atoms with Crippen molar-refractivity contribution < 1.29 is 14.4 Å². The summed E-state index contributed by atoms with van der Waals surface area (Å²) in [5.41, 5.74) is 3.69. The Bertz CT molecular complexity index is 1510. The lowest BCUT2D eigenvalue weighted by molar-refractivity contribution is -0.117. The fraction of sp³-hybridized carbons (Fsp3) is 0.143. The molecule has 4 aromatic rings. The Morgan fingerprint density at radius 3 is 2.60 bits per heavy atom. The predicted molar refractivity (Wildman–Crippen MR) is 139 cm³/mol. The Balaban J connectivity index is 1.43. The standard InChI is InChI=1S/C28H21N3O3S/c1-33-19-15-13-18(14-16-19)24-25-26(30-34-24)31(23-12-6-8-17-7-2-3-9-20(17)23)28(35-25)21-10-4-5-11-22(21)29-27(28)32/h2-16,24-25H,1H3,(H,29,32). The second-order valence-corrected chi connectivity index (χ2v) is 10.1. The average molecular weight is 480 g/mol. The number of para-hydroxylation sites is 1. The van der Waals surface area contributed by atoms with E-state index in [2.05, 4.69) is 39.6 Å². The average Bonchev–Trinajstić information content (AvgIpc) is 3.54. The number of nitrogens with one attached hydrogen (secondary N) is 1. The Morgan fingerprint density at radius 1 is 0.971 bits per heavy atom. The van der Waals surface area contributed by atoms with Gasteiger partial charge < -0.3 is 14.9 Å². The molecule has 0 aliphatic carbocycles. The molecule has 6 nitrogen and oxygen atoms in total. The Labute approximate surface area is 206 Å². The van der Waals surface area contributed by atoms with Gasteiger partial charge in [0.2, 0.25) is 4.87 Å². The summed E-state index contributed by atoms with van der Waals surface area (Å²) in [5, 5.41) is 9.72. The lowest BCUT2D eigenvalue weighted by atomic mass is 10.0. The molecule has 35 heavy (non-hydrogen) atoms. The van der Waals surface area contributed by atoms with Crippen molar-refractivity contribution in [3.05, 3.63) is 102 Å². The highest BCUT2D eigenvalue weighted by molar-refractivity contribution is 8.03. The normalized spacial score (nSPS) is 24.2. The molecule has 3 heterocycles. The minimum absolute atomic E-state index is 0.0674. The SMILES string of the molecule is COc1ccc(C2ON=C3C2SC2(C(=O)Nc4ccccc42)N3c2cccc3ccccc23)cc1. The van der Waals surface area contributed by atoms with Crippen molar-refractivity contribution in [3.63, 3.8) is 0 Å². The van der Waals surface area contributed by atoms with Crippen LogP contribution in [0.1, 0.15) is 17.2 Å². The third-order valence-electron chi connectivity index (χ3n) is 6.93. The first-order chi connectivity index (χ1) is 17.2. The number of benzene rings is 4. The number of ether oxygens (including phenoxy) is 1. The second kappa shape index (κ2) is 7.52. The van der Waals surface area contributed by atoms with Crippen LogP contribution in [-0.2, 0) is 14.5 Å². The van der Waals surface area contributed by atoms with E-state index in [0.29, 0.717) is 0 Å². The van der Waals surface area contributed by atoms with Crippen LogP contribution in [0.2, 0.25) is 0 Å². The number of methoxy groups -OCH3 is 1. The highest BCUT2D eigenvalue weighted by atomic mass is 32.2. The van der Waals surface area contributed by atoms with Crippen LogP contribution in [0.15, 0.2) is 96.2 Å². The van der Waals surface area contributed by atoms with Crippen LogP contribution in [0, 0.1) is 0 Å². The number of hydrogen-bond donors (Lipinski definition) is 1. The quantitative estimate of drug-likeness (QED) is 0.411. The van der Waals surface area contributed by atoms with Gasteiger partial charge in [-0.05, 0) is 35.2 Å². The van der Waals surface area contributed by atoms with Gasteiger partial charge in [-0.2, -0.15) is 0 Å². The summed E-state index contributed by atoms with van der Waals surface area (Å²) in [6.45, 7) is 0. The number of rotatable bonds is 3. The van der Waals surface area contributed by atoms with Crippen LogP contribution in [0.25, 0.3) is 10.8 Å². The van der Waals surface area contributed by atoms with Crippen molar-refractivity contribution in [1.82, 2.24) is 0 Å². The zero-order valence-corrected chi connectivity index (χ0v) is 19.7. The molecule has 3 atom stereocenters. The van der Waals surface area contributed by atoms with Gasteiger partial charge in [0, 0.05) is 16.6 Å². The molecule has 1 amide bonds. The van der Waals surface area contributed by atoms with Crippen molar-refractivity contribution in [2.45, 2.75) is 16.2 Å². The zero-order chi connectivity index (χ0) is 23.6. The number of carbonyl (C=O) groups excluding carboxylic acids is 1. The number of amidine groups is 1.